The van der Waals surface area contributed by atoms with Gasteiger partial charge in [-0.25, -0.2) is 0 Å². The second-order valence-electron chi connectivity index (χ2n) is 7.40. The predicted octanol–water partition coefficient (Wildman–Crippen LogP) is 2.40. The maximum atomic E-state index is 13.0. The van der Waals surface area contributed by atoms with Crippen molar-refractivity contribution in [1.29, 1.82) is 0 Å². The van der Waals surface area contributed by atoms with E-state index in [1.165, 1.54) is 35.1 Å². The molecule has 3 heterocycles. The van der Waals surface area contributed by atoms with Crippen LogP contribution in [0.4, 0.5) is 0 Å². The van der Waals surface area contributed by atoms with Crippen molar-refractivity contribution in [3.8, 4) is 0 Å². The predicted molar refractivity (Wildman–Crippen MR) is 116 cm³/mol. The molecule has 0 aliphatic carbocycles. The van der Waals surface area contributed by atoms with Crippen molar-refractivity contribution in [1.82, 2.24) is 10.2 Å². The lowest BCUT2D eigenvalue weighted by Crippen LogP contribution is -2.73. The third-order valence-corrected chi connectivity index (χ3v) is 8.14. The SMILES string of the molecule is CON=C(C(=O)NC1C(=O)N2CC(C)(C(=O)O)CS[C@H]12)c1scc2cc(Cl)ccc12. The minimum absolute atomic E-state index is 0.0715. The Bertz CT molecular complexity index is 1090. The second-order valence-corrected chi connectivity index (χ2v) is 9.82. The average molecular weight is 468 g/mol. The molecule has 2 fully saturated rings. The van der Waals surface area contributed by atoms with Gasteiger partial charge < -0.3 is 20.2 Å². The summed E-state index contributed by atoms with van der Waals surface area (Å²) in [5.74, 6) is -1.40. The number of fused-ring (bicyclic) bond motifs is 2. The van der Waals surface area contributed by atoms with Gasteiger partial charge in [0.25, 0.3) is 5.91 Å². The zero-order chi connectivity index (χ0) is 21.6. The van der Waals surface area contributed by atoms with Gasteiger partial charge >= 0.3 is 5.97 Å². The second kappa shape index (κ2) is 7.75. The van der Waals surface area contributed by atoms with Gasteiger partial charge in [-0.05, 0) is 29.8 Å². The Morgan fingerprint density at radius 2 is 2.20 bits per heavy atom. The van der Waals surface area contributed by atoms with Crippen molar-refractivity contribution in [3.05, 3.63) is 33.5 Å². The topological polar surface area (TPSA) is 108 Å². The normalized spacial score (nSPS) is 26.2. The molecule has 2 aliphatic rings. The van der Waals surface area contributed by atoms with Gasteiger partial charge in [0.2, 0.25) is 5.91 Å². The zero-order valence-electron chi connectivity index (χ0n) is 16.0. The smallest absolute Gasteiger partial charge is 0.312 e. The number of carboxylic acids is 1. The molecule has 2 N–H and O–H groups in total. The molecule has 30 heavy (non-hydrogen) atoms. The molecule has 4 rings (SSSR count). The van der Waals surface area contributed by atoms with E-state index in [1.807, 2.05) is 11.4 Å². The maximum Gasteiger partial charge on any atom is 0.312 e. The van der Waals surface area contributed by atoms with E-state index in [0.717, 1.165) is 10.8 Å². The van der Waals surface area contributed by atoms with Crippen LogP contribution in [-0.4, -0.2) is 64.3 Å². The average Bonchev–Trinajstić information content (AvgIpc) is 3.12. The highest BCUT2D eigenvalue weighted by molar-refractivity contribution is 8.00. The van der Waals surface area contributed by atoms with Crippen molar-refractivity contribution in [2.75, 3.05) is 19.4 Å². The summed E-state index contributed by atoms with van der Waals surface area (Å²) in [6, 6.07) is 4.60. The molecular weight excluding hydrogens is 450 g/mol. The first-order valence-electron chi connectivity index (χ1n) is 9.00. The van der Waals surface area contributed by atoms with Crippen LogP contribution < -0.4 is 5.32 Å². The van der Waals surface area contributed by atoms with Crippen LogP contribution in [0.3, 0.4) is 0 Å². The fourth-order valence-corrected chi connectivity index (χ4v) is 6.19. The highest BCUT2D eigenvalue weighted by Crippen LogP contribution is 2.42. The van der Waals surface area contributed by atoms with Crippen molar-refractivity contribution in [2.24, 2.45) is 10.6 Å². The first-order valence-corrected chi connectivity index (χ1v) is 11.3. The highest BCUT2D eigenvalue weighted by atomic mass is 35.5. The van der Waals surface area contributed by atoms with Gasteiger partial charge in [-0.3, -0.25) is 14.4 Å². The summed E-state index contributed by atoms with van der Waals surface area (Å²) in [6.07, 6.45) is 0. The number of hydrogen-bond acceptors (Lipinski definition) is 7. The molecule has 2 unspecified atom stereocenters. The number of carboxylic acid groups (broad SMARTS) is 1. The van der Waals surface area contributed by atoms with Gasteiger partial charge in [0.1, 0.15) is 18.5 Å². The van der Waals surface area contributed by atoms with Crippen LogP contribution >= 0.6 is 34.7 Å². The Labute approximate surface area is 185 Å². The molecule has 1 aromatic carbocycles. The van der Waals surface area contributed by atoms with Gasteiger partial charge in [-0.2, -0.15) is 0 Å². The Morgan fingerprint density at radius 3 is 2.90 bits per heavy atom. The molecule has 2 aliphatic heterocycles. The summed E-state index contributed by atoms with van der Waals surface area (Å²) in [7, 11) is 1.35. The third kappa shape index (κ3) is 3.42. The number of β-lactam (4-membered cyclic amide) rings is 1. The van der Waals surface area contributed by atoms with E-state index in [2.05, 4.69) is 10.5 Å². The van der Waals surface area contributed by atoms with Gasteiger partial charge in [0.15, 0.2) is 5.71 Å². The number of aliphatic carboxylic acids is 1. The fourth-order valence-electron chi connectivity index (χ4n) is 3.53. The number of carbonyl (C=O) groups excluding carboxylic acids is 2. The molecule has 2 saturated heterocycles. The molecule has 1 aromatic heterocycles. The summed E-state index contributed by atoms with van der Waals surface area (Å²) < 4.78 is 0. The number of carbonyl (C=O) groups is 3. The Balaban J connectivity index is 1.53. The lowest BCUT2D eigenvalue weighted by Gasteiger charge is -2.53. The van der Waals surface area contributed by atoms with E-state index >= 15 is 0 Å². The fraction of sp³-hybridized carbons (Fsp3) is 0.368. The number of thioether (sulfide) groups is 1. The van der Waals surface area contributed by atoms with Crippen molar-refractivity contribution < 1.29 is 24.3 Å². The number of nitrogens with one attached hydrogen (secondary N) is 1. The van der Waals surface area contributed by atoms with Crippen LogP contribution in [0.15, 0.2) is 28.7 Å². The lowest BCUT2D eigenvalue weighted by molar-refractivity contribution is -0.157. The number of hydrogen-bond donors (Lipinski definition) is 2. The summed E-state index contributed by atoms with van der Waals surface area (Å²) in [4.78, 5) is 44.0. The van der Waals surface area contributed by atoms with Crippen molar-refractivity contribution in [3.63, 3.8) is 0 Å². The van der Waals surface area contributed by atoms with Gasteiger partial charge in [0.05, 0.1) is 10.3 Å². The molecular formula is C19H18ClN3O5S2. The van der Waals surface area contributed by atoms with Crippen LogP contribution in [0, 0.1) is 5.41 Å². The molecule has 2 aromatic rings. The molecule has 0 saturated carbocycles. The summed E-state index contributed by atoms with van der Waals surface area (Å²) >= 11 is 8.72. The number of halogens is 1. The lowest BCUT2D eigenvalue weighted by atomic mass is 9.89. The Morgan fingerprint density at radius 1 is 1.43 bits per heavy atom. The van der Waals surface area contributed by atoms with Crippen LogP contribution in [0.1, 0.15) is 11.8 Å². The van der Waals surface area contributed by atoms with E-state index < -0.39 is 23.3 Å². The Kier molecular flexibility index (Phi) is 5.41. The number of nitrogens with zero attached hydrogens (tertiary/aromatic N) is 2. The largest absolute Gasteiger partial charge is 0.481 e. The first kappa shape index (κ1) is 21.0. The molecule has 11 heteroatoms. The third-order valence-electron chi connectivity index (χ3n) is 5.21. The van der Waals surface area contributed by atoms with Crippen molar-refractivity contribution >= 4 is 69.0 Å². The minimum Gasteiger partial charge on any atom is -0.481 e. The highest BCUT2D eigenvalue weighted by Gasteiger charge is 2.56. The monoisotopic (exact) mass is 467 g/mol. The number of benzene rings is 1. The van der Waals surface area contributed by atoms with Gasteiger partial charge in [-0.15, -0.1) is 23.1 Å². The molecule has 2 amide bonds. The summed E-state index contributed by atoms with van der Waals surface area (Å²) in [6.45, 7) is 1.75. The van der Waals surface area contributed by atoms with Gasteiger partial charge in [-0.1, -0.05) is 22.8 Å². The molecule has 8 nitrogen and oxygen atoms in total. The Hall–Kier alpha value is -2.30. The molecule has 3 atom stereocenters. The van der Waals surface area contributed by atoms with Crippen LogP contribution in [0.2, 0.25) is 5.02 Å². The van der Waals surface area contributed by atoms with Crippen LogP contribution in [-0.2, 0) is 19.2 Å². The van der Waals surface area contributed by atoms with Crippen LogP contribution in [0.25, 0.3) is 10.8 Å². The molecule has 0 spiro atoms. The number of thiophene rings is 1. The molecule has 0 bridgehead atoms. The zero-order valence-corrected chi connectivity index (χ0v) is 18.4. The van der Waals surface area contributed by atoms with Crippen molar-refractivity contribution in [2.45, 2.75) is 18.3 Å². The summed E-state index contributed by atoms with van der Waals surface area (Å²) in [5.41, 5.74) is -0.923. The van der Waals surface area contributed by atoms with Gasteiger partial charge in [0, 0.05) is 22.7 Å². The molecule has 158 valence electrons. The summed E-state index contributed by atoms with van der Waals surface area (Å²) in [5, 5.41) is 19.9. The van der Waals surface area contributed by atoms with E-state index in [1.54, 1.807) is 19.1 Å². The van der Waals surface area contributed by atoms with E-state index in [4.69, 9.17) is 16.4 Å². The van der Waals surface area contributed by atoms with Crippen LogP contribution in [0.5, 0.6) is 0 Å². The first-order chi connectivity index (χ1) is 14.2. The number of oxime groups is 1. The number of amides is 2. The quantitative estimate of drug-likeness (QED) is 0.397. The standard InChI is InChI=1S/C19H18ClN3O5S2/c1-19(18(26)27)7-23-16(25)13(17(23)30-8-19)21-15(24)12(22-28-2)14-11-4-3-10(20)5-9(11)6-29-14/h3-6,13,17H,7-8H2,1-2H3,(H,21,24)(H,26,27)/t13?,17-,19?/m1/s1. The van der Waals surface area contributed by atoms with E-state index in [0.29, 0.717) is 15.7 Å². The van der Waals surface area contributed by atoms with E-state index in [9.17, 15) is 19.5 Å². The maximum absolute atomic E-state index is 13.0. The molecule has 0 radical (unpaired) electrons. The van der Waals surface area contributed by atoms with E-state index in [-0.39, 0.29) is 23.5 Å². The number of rotatable bonds is 5. The minimum atomic E-state index is -0.994.